The highest BCUT2D eigenvalue weighted by Crippen LogP contribution is 2.07. The van der Waals surface area contributed by atoms with Crippen molar-refractivity contribution in [3.05, 3.63) is 59.9 Å². The number of carbonyl (C=O) groups excluding carboxylic acids is 1. The lowest BCUT2D eigenvalue weighted by atomic mass is 10.1. The quantitative estimate of drug-likeness (QED) is 0.780. The van der Waals surface area contributed by atoms with E-state index in [1.807, 2.05) is 53.4 Å². The van der Waals surface area contributed by atoms with Crippen LogP contribution in [0.4, 0.5) is 4.79 Å². The van der Waals surface area contributed by atoms with Crippen molar-refractivity contribution in [2.45, 2.75) is 39.0 Å². The van der Waals surface area contributed by atoms with E-state index in [2.05, 4.69) is 12.2 Å². The molecule has 0 aliphatic heterocycles. The van der Waals surface area contributed by atoms with Gasteiger partial charge in [0.15, 0.2) is 0 Å². The van der Waals surface area contributed by atoms with Crippen LogP contribution in [0.15, 0.2) is 48.8 Å². The van der Waals surface area contributed by atoms with Gasteiger partial charge in [0.2, 0.25) is 0 Å². The molecule has 1 heterocycles. The van der Waals surface area contributed by atoms with E-state index in [4.69, 9.17) is 4.74 Å². The summed E-state index contributed by atoms with van der Waals surface area (Å²) in [5.74, 6) is -1.09. The average Bonchev–Trinajstić information content (AvgIpc) is 3.01. The molecule has 2 rings (SSSR count). The van der Waals surface area contributed by atoms with Crippen molar-refractivity contribution >= 4 is 12.1 Å². The summed E-state index contributed by atoms with van der Waals surface area (Å²) in [5, 5.41) is 11.7. The van der Waals surface area contributed by atoms with Gasteiger partial charge in [-0.25, -0.2) is 9.59 Å². The summed E-state index contributed by atoms with van der Waals surface area (Å²) in [6.07, 6.45) is 4.29. The number of carbonyl (C=O) groups is 2. The van der Waals surface area contributed by atoms with Gasteiger partial charge in [0.25, 0.3) is 0 Å². The Balaban J connectivity index is 1.87. The van der Waals surface area contributed by atoms with Gasteiger partial charge in [0.05, 0.1) is 0 Å². The molecule has 0 aliphatic carbocycles. The number of carboxylic acid groups (broad SMARTS) is 1. The van der Waals surface area contributed by atoms with Gasteiger partial charge in [0, 0.05) is 25.4 Å². The number of alkyl carbamates (subject to hydrolysis) is 1. The number of hydrogen-bond donors (Lipinski definition) is 2. The number of aryl methyl sites for hydroxylation is 1. The Labute approximate surface area is 141 Å². The van der Waals surface area contributed by atoms with E-state index >= 15 is 0 Å². The minimum atomic E-state index is -1.09. The topological polar surface area (TPSA) is 80.6 Å². The number of benzene rings is 1. The van der Waals surface area contributed by atoms with Crippen LogP contribution in [0.25, 0.3) is 0 Å². The Morgan fingerprint density at radius 2 is 1.96 bits per heavy atom. The lowest BCUT2D eigenvalue weighted by Crippen LogP contribution is -2.42. The number of aromatic nitrogens is 1. The molecule has 0 spiro atoms. The molecule has 0 saturated carbocycles. The maximum Gasteiger partial charge on any atom is 0.408 e. The molecule has 1 aromatic heterocycles. The van der Waals surface area contributed by atoms with Crippen molar-refractivity contribution in [2.75, 3.05) is 0 Å². The zero-order valence-electron chi connectivity index (χ0n) is 13.6. The molecule has 0 radical (unpaired) electrons. The van der Waals surface area contributed by atoms with Crippen LogP contribution in [-0.4, -0.2) is 27.8 Å². The zero-order chi connectivity index (χ0) is 17.4. The van der Waals surface area contributed by atoms with E-state index in [9.17, 15) is 14.7 Å². The normalized spacial score (nSPS) is 11.7. The molecule has 0 bridgehead atoms. The SMILES string of the molecule is CCCn1ccc(CC(NC(=O)OCc2ccccc2)C(=O)O)c1. The first-order valence-corrected chi connectivity index (χ1v) is 7.93. The molecule has 128 valence electrons. The number of amides is 1. The number of hydrogen-bond acceptors (Lipinski definition) is 3. The second kappa shape index (κ2) is 8.76. The minimum Gasteiger partial charge on any atom is -0.480 e. The number of rotatable bonds is 8. The average molecular weight is 330 g/mol. The smallest absolute Gasteiger partial charge is 0.408 e. The third-order valence-corrected chi connectivity index (χ3v) is 3.54. The summed E-state index contributed by atoms with van der Waals surface area (Å²) in [6.45, 7) is 3.06. The van der Waals surface area contributed by atoms with Crippen molar-refractivity contribution in [3.63, 3.8) is 0 Å². The van der Waals surface area contributed by atoms with Crippen LogP contribution >= 0.6 is 0 Å². The monoisotopic (exact) mass is 330 g/mol. The van der Waals surface area contributed by atoms with Crippen LogP contribution in [-0.2, 0) is 29.1 Å². The third kappa shape index (κ3) is 5.46. The van der Waals surface area contributed by atoms with Crippen LogP contribution < -0.4 is 5.32 Å². The summed E-state index contributed by atoms with van der Waals surface area (Å²) >= 11 is 0. The molecule has 1 amide bonds. The Kier molecular flexibility index (Phi) is 6.42. The number of nitrogens with one attached hydrogen (secondary N) is 1. The van der Waals surface area contributed by atoms with Crippen LogP contribution in [0.5, 0.6) is 0 Å². The molecule has 2 N–H and O–H groups in total. The van der Waals surface area contributed by atoms with E-state index < -0.39 is 18.1 Å². The van der Waals surface area contributed by atoms with Gasteiger partial charge < -0.3 is 19.7 Å². The van der Waals surface area contributed by atoms with Crippen LogP contribution in [0.2, 0.25) is 0 Å². The lowest BCUT2D eigenvalue weighted by Gasteiger charge is -2.14. The molecule has 0 aliphatic rings. The molecule has 24 heavy (non-hydrogen) atoms. The zero-order valence-corrected chi connectivity index (χ0v) is 13.6. The van der Waals surface area contributed by atoms with E-state index in [-0.39, 0.29) is 13.0 Å². The number of ether oxygens (including phenoxy) is 1. The molecule has 1 unspecified atom stereocenters. The fourth-order valence-electron chi connectivity index (χ4n) is 2.35. The molecule has 2 aromatic rings. The van der Waals surface area contributed by atoms with Crippen molar-refractivity contribution in [1.29, 1.82) is 0 Å². The van der Waals surface area contributed by atoms with Gasteiger partial charge >= 0.3 is 12.1 Å². The van der Waals surface area contributed by atoms with E-state index in [0.29, 0.717) is 0 Å². The molecule has 6 heteroatoms. The molecule has 6 nitrogen and oxygen atoms in total. The van der Waals surface area contributed by atoms with Crippen LogP contribution in [0, 0.1) is 0 Å². The first-order chi connectivity index (χ1) is 11.6. The maximum atomic E-state index is 11.8. The van der Waals surface area contributed by atoms with Crippen molar-refractivity contribution in [3.8, 4) is 0 Å². The van der Waals surface area contributed by atoms with Gasteiger partial charge in [-0.1, -0.05) is 37.3 Å². The first kappa shape index (κ1) is 17.6. The summed E-state index contributed by atoms with van der Waals surface area (Å²) < 4.78 is 7.07. The Hall–Kier alpha value is -2.76. The van der Waals surface area contributed by atoms with Gasteiger partial charge in [-0.3, -0.25) is 0 Å². The van der Waals surface area contributed by atoms with Crippen LogP contribution in [0.1, 0.15) is 24.5 Å². The largest absolute Gasteiger partial charge is 0.480 e. The lowest BCUT2D eigenvalue weighted by molar-refractivity contribution is -0.139. The summed E-state index contributed by atoms with van der Waals surface area (Å²) in [5.41, 5.74) is 1.70. The summed E-state index contributed by atoms with van der Waals surface area (Å²) in [7, 11) is 0. The van der Waals surface area contributed by atoms with E-state index in [1.165, 1.54) is 0 Å². The summed E-state index contributed by atoms with van der Waals surface area (Å²) in [4.78, 5) is 23.2. The molecular weight excluding hydrogens is 308 g/mol. The predicted molar refractivity (Wildman–Crippen MR) is 89.6 cm³/mol. The second-order valence-electron chi connectivity index (χ2n) is 5.56. The van der Waals surface area contributed by atoms with Crippen LogP contribution in [0.3, 0.4) is 0 Å². The molecule has 0 fully saturated rings. The summed E-state index contributed by atoms with van der Waals surface area (Å²) in [6, 6.07) is 10.1. The third-order valence-electron chi connectivity index (χ3n) is 3.54. The van der Waals surface area contributed by atoms with Gasteiger partial charge in [-0.2, -0.15) is 0 Å². The highest BCUT2D eigenvalue weighted by Gasteiger charge is 2.21. The standard InChI is InChI=1S/C18H22N2O4/c1-2-9-20-10-8-15(12-20)11-16(17(21)22)19-18(23)24-13-14-6-4-3-5-7-14/h3-8,10,12,16H,2,9,11,13H2,1H3,(H,19,23)(H,21,22). The number of carboxylic acids is 1. The Bertz CT molecular complexity index is 667. The van der Waals surface area contributed by atoms with Crippen molar-refractivity contribution in [2.24, 2.45) is 0 Å². The van der Waals surface area contributed by atoms with Gasteiger partial charge in [0.1, 0.15) is 12.6 Å². The minimum absolute atomic E-state index is 0.103. The molecule has 0 saturated heterocycles. The maximum absolute atomic E-state index is 11.8. The fourth-order valence-corrected chi connectivity index (χ4v) is 2.35. The fraction of sp³-hybridized carbons (Fsp3) is 0.333. The van der Waals surface area contributed by atoms with E-state index in [1.54, 1.807) is 0 Å². The highest BCUT2D eigenvalue weighted by molar-refractivity contribution is 5.80. The molecule has 1 aromatic carbocycles. The number of nitrogens with zero attached hydrogens (tertiary/aromatic N) is 1. The Morgan fingerprint density at radius 3 is 2.62 bits per heavy atom. The predicted octanol–water partition coefficient (Wildman–Crippen LogP) is 2.82. The van der Waals surface area contributed by atoms with Crippen molar-refractivity contribution < 1.29 is 19.4 Å². The van der Waals surface area contributed by atoms with Crippen molar-refractivity contribution in [1.82, 2.24) is 9.88 Å². The highest BCUT2D eigenvalue weighted by atomic mass is 16.5. The molecule has 1 atom stereocenters. The first-order valence-electron chi connectivity index (χ1n) is 7.93. The number of aliphatic carboxylic acids is 1. The van der Waals surface area contributed by atoms with Gasteiger partial charge in [-0.15, -0.1) is 0 Å². The Morgan fingerprint density at radius 1 is 1.21 bits per heavy atom. The van der Waals surface area contributed by atoms with Gasteiger partial charge in [-0.05, 0) is 23.6 Å². The second-order valence-corrected chi connectivity index (χ2v) is 5.56. The molecular formula is C18H22N2O4. The van der Waals surface area contributed by atoms with E-state index in [0.717, 1.165) is 24.1 Å².